The third-order valence-corrected chi connectivity index (χ3v) is 2.97. The zero-order chi connectivity index (χ0) is 13.2. The first-order chi connectivity index (χ1) is 8.52. The van der Waals surface area contributed by atoms with Crippen LogP contribution in [0.2, 0.25) is 5.02 Å². The first kappa shape index (κ1) is 13.0. The Balaban J connectivity index is 1.99. The van der Waals surface area contributed by atoms with E-state index in [1.165, 1.54) is 0 Å². The number of nitrogens with one attached hydrogen (secondary N) is 1. The number of hydrogen-bond donors (Lipinski definition) is 1. The molecule has 0 aliphatic carbocycles. The highest BCUT2D eigenvalue weighted by atomic mass is 35.5. The average Bonchev–Trinajstić information content (AvgIpc) is 2.77. The molecule has 1 aromatic rings. The minimum atomic E-state index is -0.375. The van der Waals surface area contributed by atoms with Gasteiger partial charge in [0.15, 0.2) is 11.5 Å². The lowest BCUT2D eigenvalue weighted by molar-refractivity contribution is 0.174. The molecule has 0 fully saturated rings. The lowest BCUT2D eigenvalue weighted by atomic mass is 9.96. The van der Waals surface area contributed by atoms with Gasteiger partial charge in [0.1, 0.15) is 0 Å². The van der Waals surface area contributed by atoms with Crippen molar-refractivity contribution in [2.24, 2.45) is 5.41 Å². The van der Waals surface area contributed by atoms with Gasteiger partial charge in [-0.25, -0.2) is 0 Å². The maximum absolute atomic E-state index is 8.91. The van der Waals surface area contributed by atoms with E-state index < -0.39 is 0 Å². The highest BCUT2D eigenvalue weighted by Crippen LogP contribution is 2.39. The van der Waals surface area contributed by atoms with Gasteiger partial charge in [-0.05, 0) is 31.5 Å². The first-order valence-corrected chi connectivity index (χ1v) is 6.10. The molecule has 0 radical (unpaired) electrons. The lowest BCUT2D eigenvalue weighted by Crippen LogP contribution is -2.27. The van der Waals surface area contributed by atoms with Gasteiger partial charge < -0.3 is 14.8 Å². The highest BCUT2D eigenvalue weighted by molar-refractivity contribution is 6.32. The van der Waals surface area contributed by atoms with Crippen LogP contribution in [0.4, 0.5) is 0 Å². The van der Waals surface area contributed by atoms with Gasteiger partial charge >= 0.3 is 0 Å². The second-order valence-corrected chi connectivity index (χ2v) is 5.32. The molecule has 0 saturated heterocycles. The van der Waals surface area contributed by atoms with Gasteiger partial charge in [-0.2, -0.15) is 5.26 Å². The third kappa shape index (κ3) is 2.87. The summed E-state index contributed by atoms with van der Waals surface area (Å²) in [7, 11) is 0. The molecule has 1 N–H and O–H groups in total. The molecule has 0 amide bonds. The van der Waals surface area contributed by atoms with Crippen LogP contribution in [0.1, 0.15) is 19.4 Å². The predicted octanol–water partition coefficient (Wildman–Crippen LogP) is 2.71. The quantitative estimate of drug-likeness (QED) is 0.910. The first-order valence-electron chi connectivity index (χ1n) is 5.72. The minimum absolute atomic E-state index is 0.216. The molecule has 0 spiro atoms. The second kappa shape index (κ2) is 5.05. The standard InChI is InChI=1S/C13H15ClN2O2/c1-13(2,6-15)7-16-5-9-3-10(14)12-11(4-9)17-8-18-12/h3-4,16H,5,7-8H2,1-2H3. The molecule has 5 heteroatoms. The van der Waals surface area contributed by atoms with E-state index >= 15 is 0 Å². The number of rotatable bonds is 4. The van der Waals surface area contributed by atoms with Crippen LogP contribution < -0.4 is 14.8 Å². The fourth-order valence-corrected chi connectivity index (χ4v) is 1.97. The summed E-state index contributed by atoms with van der Waals surface area (Å²) in [5, 5.41) is 12.7. The summed E-state index contributed by atoms with van der Waals surface area (Å²) in [6.45, 7) is 5.27. The van der Waals surface area contributed by atoms with E-state index in [0.717, 1.165) is 5.56 Å². The average molecular weight is 267 g/mol. The van der Waals surface area contributed by atoms with Crippen molar-refractivity contribution >= 4 is 11.6 Å². The van der Waals surface area contributed by atoms with Crippen molar-refractivity contribution in [2.45, 2.75) is 20.4 Å². The number of nitriles is 1. The topological polar surface area (TPSA) is 54.3 Å². The molecule has 0 saturated carbocycles. The van der Waals surface area contributed by atoms with E-state index in [4.69, 9.17) is 26.3 Å². The Morgan fingerprint density at radius 2 is 2.22 bits per heavy atom. The monoisotopic (exact) mass is 266 g/mol. The van der Waals surface area contributed by atoms with Crippen LogP contribution in [0.15, 0.2) is 12.1 Å². The molecule has 0 aromatic heterocycles. The summed E-state index contributed by atoms with van der Waals surface area (Å²) in [6.07, 6.45) is 0. The Morgan fingerprint density at radius 3 is 2.94 bits per heavy atom. The van der Waals surface area contributed by atoms with E-state index in [9.17, 15) is 0 Å². The van der Waals surface area contributed by atoms with Crippen LogP contribution in [0, 0.1) is 16.7 Å². The minimum Gasteiger partial charge on any atom is -0.454 e. The Labute approximate surface area is 111 Å². The van der Waals surface area contributed by atoms with Crippen molar-refractivity contribution in [1.82, 2.24) is 5.32 Å². The molecule has 1 heterocycles. The molecule has 18 heavy (non-hydrogen) atoms. The number of halogens is 1. The van der Waals surface area contributed by atoms with Gasteiger partial charge in [0.2, 0.25) is 6.79 Å². The maximum Gasteiger partial charge on any atom is 0.231 e. The zero-order valence-electron chi connectivity index (χ0n) is 10.4. The fourth-order valence-electron chi connectivity index (χ4n) is 1.68. The van der Waals surface area contributed by atoms with Crippen LogP contribution in [0.5, 0.6) is 11.5 Å². The van der Waals surface area contributed by atoms with Crippen molar-refractivity contribution < 1.29 is 9.47 Å². The molecule has 1 aromatic carbocycles. The van der Waals surface area contributed by atoms with E-state index in [0.29, 0.717) is 29.6 Å². The molecular weight excluding hydrogens is 252 g/mol. The second-order valence-electron chi connectivity index (χ2n) is 4.91. The van der Waals surface area contributed by atoms with Gasteiger partial charge in [-0.15, -0.1) is 0 Å². The molecular formula is C13H15ClN2O2. The third-order valence-electron chi connectivity index (χ3n) is 2.69. The SMILES string of the molecule is CC(C)(C#N)CNCc1cc(Cl)c2c(c1)OCO2. The van der Waals surface area contributed by atoms with Crippen LogP contribution in [0.25, 0.3) is 0 Å². The smallest absolute Gasteiger partial charge is 0.231 e. The largest absolute Gasteiger partial charge is 0.454 e. The van der Waals surface area contributed by atoms with Crippen molar-refractivity contribution in [1.29, 1.82) is 5.26 Å². The summed E-state index contributed by atoms with van der Waals surface area (Å²) in [6, 6.07) is 6.00. The summed E-state index contributed by atoms with van der Waals surface area (Å²) in [5.74, 6) is 1.29. The maximum atomic E-state index is 8.91. The summed E-state index contributed by atoms with van der Waals surface area (Å²) in [4.78, 5) is 0. The fraction of sp³-hybridized carbons (Fsp3) is 0.462. The van der Waals surface area contributed by atoms with E-state index in [-0.39, 0.29) is 12.2 Å². The number of ether oxygens (including phenoxy) is 2. The highest BCUT2D eigenvalue weighted by Gasteiger charge is 2.19. The van der Waals surface area contributed by atoms with Crippen LogP contribution >= 0.6 is 11.6 Å². The molecule has 0 unspecified atom stereocenters. The molecule has 1 aliphatic rings. The Morgan fingerprint density at radius 1 is 1.44 bits per heavy atom. The van der Waals surface area contributed by atoms with Crippen molar-refractivity contribution in [3.05, 3.63) is 22.7 Å². The Kier molecular flexibility index (Phi) is 3.65. The van der Waals surface area contributed by atoms with Gasteiger partial charge in [0.25, 0.3) is 0 Å². The van der Waals surface area contributed by atoms with E-state index in [1.807, 2.05) is 26.0 Å². The van der Waals surface area contributed by atoms with Gasteiger partial charge in [0, 0.05) is 13.1 Å². The van der Waals surface area contributed by atoms with E-state index in [1.54, 1.807) is 0 Å². The van der Waals surface area contributed by atoms with E-state index in [2.05, 4.69) is 11.4 Å². The zero-order valence-corrected chi connectivity index (χ0v) is 11.2. The normalized spacial score (nSPS) is 13.4. The number of hydrogen-bond acceptors (Lipinski definition) is 4. The molecule has 0 atom stereocenters. The summed E-state index contributed by atoms with van der Waals surface area (Å²) < 4.78 is 10.5. The number of benzene rings is 1. The van der Waals surface area contributed by atoms with Crippen molar-refractivity contribution in [2.75, 3.05) is 13.3 Å². The molecule has 4 nitrogen and oxygen atoms in total. The van der Waals surface area contributed by atoms with Crippen molar-refractivity contribution in [3.8, 4) is 17.6 Å². The Bertz CT molecular complexity index is 494. The lowest BCUT2D eigenvalue weighted by Gasteiger charge is -2.16. The van der Waals surface area contributed by atoms with Gasteiger partial charge in [-0.3, -0.25) is 0 Å². The predicted molar refractivity (Wildman–Crippen MR) is 68.7 cm³/mol. The van der Waals surface area contributed by atoms with Gasteiger partial charge in [0.05, 0.1) is 16.5 Å². The van der Waals surface area contributed by atoms with Crippen molar-refractivity contribution in [3.63, 3.8) is 0 Å². The molecule has 1 aliphatic heterocycles. The van der Waals surface area contributed by atoms with Crippen LogP contribution in [-0.4, -0.2) is 13.3 Å². The molecule has 96 valence electrons. The molecule has 2 rings (SSSR count). The number of fused-ring (bicyclic) bond motifs is 1. The summed E-state index contributed by atoms with van der Waals surface area (Å²) in [5.41, 5.74) is 0.637. The number of nitrogens with zero attached hydrogens (tertiary/aromatic N) is 1. The van der Waals surface area contributed by atoms with Crippen LogP contribution in [-0.2, 0) is 6.54 Å². The molecule has 0 bridgehead atoms. The summed E-state index contributed by atoms with van der Waals surface area (Å²) >= 11 is 6.09. The van der Waals surface area contributed by atoms with Gasteiger partial charge in [-0.1, -0.05) is 11.6 Å². The van der Waals surface area contributed by atoms with Crippen LogP contribution in [0.3, 0.4) is 0 Å². The Hall–Kier alpha value is -1.44.